The van der Waals surface area contributed by atoms with Gasteiger partial charge in [0.15, 0.2) is 5.69 Å². The molecule has 0 spiro atoms. The topological polar surface area (TPSA) is 165 Å². The van der Waals surface area contributed by atoms with Crippen LogP contribution in [0.2, 0.25) is 0 Å². The summed E-state index contributed by atoms with van der Waals surface area (Å²) in [7, 11) is 0. The molecule has 0 aliphatic heterocycles. The molecule has 1 saturated carbocycles. The van der Waals surface area contributed by atoms with Crippen molar-refractivity contribution >= 4 is 23.5 Å². The van der Waals surface area contributed by atoms with E-state index in [1.165, 1.54) is 16.8 Å². The summed E-state index contributed by atoms with van der Waals surface area (Å²) in [4.78, 5) is 35.6. The van der Waals surface area contributed by atoms with Crippen LogP contribution in [0.3, 0.4) is 0 Å². The maximum Gasteiger partial charge on any atom is 0.435 e. The minimum absolute atomic E-state index is 0.152. The van der Waals surface area contributed by atoms with Crippen LogP contribution < -0.4 is 22.1 Å². The van der Waals surface area contributed by atoms with E-state index in [1.807, 2.05) is 13.8 Å². The number of hydrogen-bond acceptors (Lipinski definition) is 6. The highest BCUT2D eigenvalue weighted by molar-refractivity contribution is 5.99. The van der Waals surface area contributed by atoms with Crippen LogP contribution in [0, 0.1) is 11.3 Å². The lowest BCUT2D eigenvalue weighted by molar-refractivity contribution is -0.143. The first-order valence-electron chi connectivity index (χ1n) is 13.3. The van der Waals surface area contributed by atoms with Gasteiger partial charge in [0, 0.05) is 23.0 Å². The molecule has 4 rings (SSSR count). The van der Waals surface area contributed by atoms with Crippen LogP contribution in [-0.2, 0) is 28.6 Å². The Labute approximate surface area is 229 Å². The number of nitrogens with zero attached hydrogens (tertiary/aromatic N) is 2. The van der Waals surface area contributed by atoms with Crippen molar-refractivity contribution in [3.8, 4) is 5.69 Å². The molecule has 2 amide bonds. The Kier molecular flexibility index (Phi) is 8.16. The number of aromatic nitrogens is 2. The van der Waals surface area contributed by atoms with Crippen LogP contribution in [0.15, 0.2) is 18.2 Å². The summed E-state index contributed by atoms with van der Waals surface area (Å²) < 4.78 is 42.9. The van der Waals surface area contributed by atoms with Crippen LogP contribution in [0.1, 0.15) is 73.3 Å². The van der Waals surface area contributed by atoms with Gasteiger partial charge in [0.05, 0.1) is 17.8 Å². The average Bonchev–Trinajstić information content (AvgIpc) is 3.25. The highest BCUT2D eigenvalue weighted by atomic mass is 19.4. The molecule has 1 fully saturated rings. The second-order valence-corrected chi connectivity index (χ2v) is 11.5. The Morgan fingerprint density at radius 2 is 1.88 bits per heavy atom. The molecule has 1 atom stereocenters. The molecular weight excluding hydrogens is 529 g/mol. The smallest absolute Gasteiger partial charge is 0.435 e. The number of aliphatic carboxylic acids is 1. The van der Waals surface area contributed by atoms with Crippen molar-refractivity contribution in [2.75, 3.05) is 11.9 Å². The number of alkyl halides is 3. The maximum atomic E-state index is 13.9. The lowest BCUT2D eigenvalue weighted by Gasteiger charge is -2.33. The molecule has 2 aliphatic carbocycles. The van der Waals surface area contributed by atoms with E-state index in [9.17, 15) is 32.7 Å². The quantitative estimate of drug-likeness (QED) is 0.329. The summed E-state index contributed by atoms with van der Waals surface area (Å²) in [5, 5.41) is 19.3. The fourth-order valence-electron chi connectivity index (χ4n) is 5.80. The van der Waals surface area contributed by atoms with Gasteiger partial charge in [-0.15, -0.1) is 0 Å². The number of carbonyl (C=O) groups is 3. The van der Waals surface area contributed by atoms with Crippen LogP contribution in [0.4, 0.5) is 18.9 Å². The first-order valence-corrected chi connectivity index (χ1v) is 13.3. The van der Waals surface area contributed by atoms with E-state index in [1.54, 1.807) is 6.07 Å². The average molecular weight is 565 g/mol. The summed E-state index contributed by atoms with van der Waals surface area (Å²) in [6.45, 7) is 3.71. The lowest BCUT2D eigenvalue weighted by Crippen LogP contribution is -2.49. The predicted molar refractivity (Wildman–Crippen MR) is 141 cm³/mol. The molecule has 1 heterocycles. The number of anilines is 1. The molecule has 7 N–H and O–H groups in total. The molecule has 10 nitrogen and oxygen atoms in total. The number of nitrogens with one attached hydrogen (secondary N) is 2. The molecule has 2 aliphatic rings. The molecule has 1 unspecified atom stereocenters. The summed E-state index contributed by atoms with van der Waals surface area (Å²) in [5.74, 6) is -2.68. The third-order valence-electron chi connectivity index (χ3n) is 7.94. The van der Waals surface area contributed by atoms with Gasteiger partial charge in [0.2, 0.25) is 5.91 Å². The molecule has 1 aromatic heterocycles. The summed E-state index contributed by atoms with van der Waals surface area (Å²) in [5.41, 5.74) is 11.5. The van der Waals surface area contributed by atoms with Crippen LogP contribution >= 0.6 is 0 Å². The minimum atomic E-state index is -4.60. The SMILES string of the molecule is CC1(C)CCc2c(C(F)(F)F)nn(-c3ccc(C(N)=O)c(NC4CCC(C(NC(=O)CN)C(=O)O)CC4)c3)c2C1. The molecule has 218 valence electrons. The fraction of sp³-hybridized carbons (Fsp3) is 0.556. The number of primary amides is 1. The van der Waals surface area contributed by atoms with Crippen molar-refractivity contribution in [2.24, 2.45) is 22.8 Å². The Morgan fingerprint density at radius 1 is 1.20 bits per heavy atom. The second-order valence-electron chi connectivity index (χ2n) is 11.5. The maximum absolute atomic E-state index is 13.9. The first kappa shape index (κ1) is 29.4. The van der Waals surface area contributed by atoms with Gasteiger partial charge in [0.25, 0.3) is 5.91 Å². The number of amides is 2. The van der Waals surface area contributed by atoms with Gasteiger partial charge in [-0.05, 0) is 74.5 Å². The van der Waals surface area contributed by atoms with Crippen LogP contribution in [-0.4, -0.2) is 51.3 Å². The first-order chi connectivity index (χ1) is 18.7. The molecule has 40 heavy (non-hydrogen) atoms. The largest absolute Gasteiger partial charge is 0.480 e. The monoisotopic (exact) mass is 564 g/mol. The van der Waals surface area contributed by atoms with E-state index in [4.69, 9.17) is 11.5 Å². The third kappa shape index (κ3) is 6.24. The zero-order valence-corrected chi connectivity index (χ0v) is 22.5. The predicted octanol–water partition coefficient (Wildman–Crippen LogP) is 3.00. The molecule has 1 aromatic carbocycles. The Balaban J connectivity index is 1.60. The van der Waals surface area contributed by atoms with Gasteiger partial charge < -0.3 is 27.2 Å². The van der Waals surface area contributed by atoms with Gasteiger partial charge in [-0.2, -0.15) is 18.3 Å². The Morgan fingerprint density at radius 3 is 2.45 bits per heavy atom. The van der Waals surface area contributed by atoms with Gasteiger partial charge in [-0.25, -0.2) is 9.48 Å². The molecule has 2 aromatic rings. The number of carboxylic acid groups (broad SMARTS) is 1. The zero-order chi connectivity index (χ0) is 29.4. The normalized spacial score (nSPS) is 21.2. The molecule has 0 radical (unpaired) electrons. The number of benzene rings is 1. The van der Waals surface area contributed by atoms with E-state index in [0.717, 1.165) is 0 Å². The standard InChI is InChI=1S/C27H35F3N6O4/c1-26(2)10-9-18-20(12-26)36(35-23(18)27(28,29)30)16-7-8-17(24(32)38)19(11-16)33-15-5-3-14(4-6-15)22(25(39)40)34-21(37)13-31/h7-8,11,14-15,22,33H,3-6,9-10,12-13,31H2,1-2H3,(H2,32,38)(H,34,37)(H,39,40). The van der Waals surface area contributed by atoms with Gasteiger partial charge in [-0.1, -0.05) is 13.8 Å². The highest BCUT2D eigenvalue weighted by Gasteiger charge is 2.42. The highest BCUT2D eigenvalue weighted by Crippen LogP contribution is 2.42. The molecule has 13 heteroatoms. The summed E-state index contributed by atoms with van der Waals surface area (Å²) >= 11 is 0. The lowest BCUT2D eigenvalue weighted by atomic mass is 9.76. The van der Waals surface area contributed by atoms with Gasteiger partial charge in [0.1, 0.15) is 6.04 Å². The van der Waals surface area contributed by atoms with Crippen LogP contribution in [0.25, 0.3) is 5.69 Å². The number of carboxylic acids is 1. The van der Waals surface area contributed by atoms with Gasteiger partial charge in [-0.3, -0.25) is 9.59 Å². The van der Waals surface area contributed by atoms with Crippen molar-refractivity contribution < 1.29 is 32.7 Å². The number of fused-ring (bicyclic) bond motifs is 1. The van der Waals surface area contributed by atoms with Crippen molar-refractivity contribution in [3.63, 3.8) is 0 Å². The minimum Gasteiger partial charge on any atom is -0.480 e. The fourth-order valence-corrected chi connectivity index (χ4v) is 5.80. The van der Waals surface area contributed by atoms with Gasteiger partial charge >= 0.3 is 12.1 Å². The van der Waals surface area contributed by atoms with E-state index in [-0.39, 0.29) is 41.5 Å². The Hall–Kier alpha value is -3.61. The van der Waals surface area contributed by atoms with E-state index in [2.05, 4.69) is 15.7 Å². The van der Waals surface area contributed by atoms with Crippen molar-refractivity contribution in [2.45, 2.75) is 77.1 Å². The number of hydrogen-bond donors (Lipinski definition) is 5. The summed E-state index contributed by atoms with van der Waals surface area (Å²) in [6.07, 6.45) is -1.23. The number of halogens is 3. The van der Waals surface area contributed by atoms with E-state index >= 15 is 0 Å². The Bertz CT molecular complexity index is 1300. The summed E-state index contributed by atoms with van der Waals surface area (Å²) in [6, 6.07) is 3.39. The second kappa shape index (κ2) is 11.1. The molecule has 0 bridgehead atoms. The zero-order valence-electron chi connectivity index (χ0n) is 22.5. The molecule has 0 saturated heterocycles. The van der Waals surface area contributed by atoms with Crippen molar-refractivity contribution in [3.05, 3.63) is 40.7 Å². The van der Waals surface area contributed by atoms with Crippen molar-refractivity contribution in [1.29, 1.82) is 0 Å². The van der Waals surface area contributed by atoms with E-state index in [0.29, 0.717) is 55.6 Å². The molecular formula is C27H35F3N6O4. The van der Waals surface area contributed by atoms with Crippen LogP contribution in [0.5, 0.6) is 0 Å². The van der Waals surface area contributed by atoms with E-state index < -0.39 is 35.7 Å². The number of nitrogens with two attached hydrogens (primary N) is 2. The third-order valence-corrected chi connectivity index (χ3v) is 7.94. The number of carbonyl (C=O) groups excluding carboxylic acids is 2. The number of rotatable bonds is 8. The van der Waals surface area contributed by atoms with Crippen molar-refractivity contribution in [1.82, 2.24) is 15.1 Å².